The Kier molecular flexibility index (Phi) is 3.74. The van der Waals surface area contributed by atoms with Crippen molar-refractivity contribution >= 4 is 17.1 Å². The van der Waals surface area contributed by atoms with Gasteiger partial charge in [-0.3, -0.25) is 0 Å². The monoisotopic (exact) mass is 273 g/mol. The van der Waals surface area contributed by atoms with Gasteiger partial charge >= 0.3 is 0 Å². The van der Waals surface area contributed by atoms with Crippen molar-refractivity contribution in [3.05, 3.63) is 78.9 Å². The largest absolute Gasteiger partial charge is 0.399 e. The molecule has 0 aliphatic carbocycles. The Labute approximate surface area is 123 Å². The number of nitrogens with zero attached hydrogens (tertiary/aromatic N) is 2. The summed E-state index contributed by atoms with van der Waals surface area (Å²) in [5.74, 6) is 0. The van der Waals surface area contributed by atoms with Gasteiger partial charge in [-0.25, -0.2) is 0 Å². The zero-order valence-corrected chi connectivity index (χ0v) is 11.5. The van der Waals surface area contributed by atoms with Crippen LogP contribution < -0.4 is 5.73 Å². The minimum absolute atomic E-state index is 0.715. The number of nitrogens with two attached hydrogens (primary N) is 1. The van der Waals surface area contributed by atoms with Crippen LogP contribution in [0.1, 0.15) is 0 Å². The van der Waals surface area contributed by atoms with Gasteiger partial charge in [0.05, 0.1) is 11.4 Å². The highest BCUT2D eigenvalue weighted by Crippen LogP contribution is 2.33. The van der Waals surface area contributed by atoms with Gasteiger partial charge in [-0.1, -0.05) is 48.5 Å². The highest BCUT2D eigenvalue weighted by Gasteiger charge is 2.05. The van der Waals surface area contributed by atoms with Crippen molar-refractivity contribution < 1.29 is 0 Å². The molecule has 0 fully saturated rings. The smallest absolute Gasteiger partial charge is 0.0936 e. The Morgan fingerprint density at radius 1 is 0.667 bits per heavy atom. The maximum Gasteiger partial charge on any atom is 0.0936 e. The highest BCUT2D eigenvalue weighted by atomic mass is 15.1. The average molecular weight is 273 g/mol. The predicted octanol–water partition coefficient (Wildman–Crippen LogP) is 5.35. The Morgan fingerprint density at radius 3 is 2.05 bits per heavy atom. The molecule has 102 valence electrons. The Balaban J connectivity index is 2.01. The van der Waals surface area contributed by atoms with Gasteiger partial charge in [0.25, 0.3) is 0 Å². The number of rotatable bonds is 3. The molecule has 0 radical (unpaired) electrons. The molecule has 3 rings (SSSR count). The second-order valence-electron chi connectivity index (χ2n) is 4.68. The minimum Gasteiger partial charge on any atom is -0.399 e. The van der Waals surface area contributed by atoms with Gasteiger partial charge in [0.2, 0.25) is 0 Å². The van der Waals surface area contributed by atoms with Crippen LogP contribution in [0.4, 0.5) is 17.1 Å². The average Bonchev–Trinajstić information content (AvgIpc) is 2.55. The van der Waals surface area contributed by atoms with E-state index in [0.29, 0.717) is 5.69 Å². The van der Waals surface area contributed by atoms with Gasteiger partial charge < -0.3 is 5.73 Å². The quantitative estimate of drug-likeness (QED) is 0.507. The Hall–Kier alpha value is -2.94. The molecule has 0 aromatic heterocycles. The van der Waals surface area contributed by atoms with E-state index in [0.717, 1.165) is 22.5 Å². The number of hydrogen-bond acceptors (Lipinski definition) is 3. The van der Waals surface area contributed by atoms with Gasteiger partial charge in [-0.15, -0.1) is 5.11 Å². The van der Waals surface area contributed by atoms with E-state index in [1.54, 1.807) is 0 Å². The van der Waals surface area contributed by atoms with Gasteiger partial charge in [0.1, 0.15) is 0 Å². The third kappa shape index (κ3) is 3.15. The first kappa shape index (κ1) is 13.1. The fourth-order valence-electron chi connectivity index (χ4n) is 2.10. The molecule has 0 saturated heterocycles. The predicted molar refractivity (Wildman–Crippen MR) is 86.9 cm³/mol. The van der Waals surface area contributed by atoms with Crippen molar-refractivity contribution in [1.82, 2.24) is 0 Å². The number of benzene rings is 3. The zero-order chi connectivity index (χ0) is 14.5. The van der Waals surface area contributed by atoms with Crippen molar-refractivity contribution in [3.8, 4) is 11.1 Å². The molecule has 0 aliphatic heterocycles. The normalized spacial score (nSPS) is 10.9. The second kappa shape index (κ2) is 6.01. The number of nitrogen functional groups attached to an aromatic ring is 1. The third-order valence-electron chi connectivity index (χ3n) is 3.13. The van der Waals surface area contributed by atoms with Crippen LogP contribution in [0.5, 0.6) is 0 Å². The van der Waals surface area contributed by atoms with Crippen LogP contribution in [0, 0.1) is 0 Å². The fourth-order valence-corrected chi connectivity index (χ4v) is 2.10. The lowest BCUT2D eigenvalue weighted by molar-refractivity contribution is 1.23. The lowest BCUT2D eigenvalue weighted by atomic mass is 10.0. The van der Waals surface area contributed by atoms with Crippen molar-refractivity contribution in [3.63, 3.8) is 0 Å². The summed E-state index contributed by atoms with van der Waals surface area (Å²) >= 11 is 0. The molecule has 0 aliphatic rings. The summed E-state index contributed by atoms with van der Waals surface area (Å²) < 4.78 is 0. The van der Waals surface area contributed by atoms with E-state index in [1.807, 2.05) is 78.9 Å². The van der Waals surface area contributed by atoms with Crippen LogP contribution in [0.2, 0.25) is 0 Å². The minimum atomic E-state index is 0.715. The molecule has 0 saturated carbocycles. The van der Waals surface area contributed by atoms with Crippen LogP contribution in [0.25, 0.3) is 11.1 Å². The molecule has 0 amide bonds. The van der Waals surface area contributed by atoms with E-state index in [9.17, 15) is 0 Å². The Morgan fingerprint density at radius 2 is 1.33 bits per heavy atom. The number of azo groups is 1. The van der Waals surface area contributed by atoms with E-state index in [4.69, 9.17) is 5.73 Å². The van der Waals surface area contributed by atoms with E-state index >= 15 is 0 Å². The van der Waals surface area contributed by atoms with Crippen LogP contribution in [0.3, 0.4) is 0 Å². The highest BCUT2D eigenvalue weighted by molar-refractivity contribution is 5.78. The molecule has 0 spiro atoms. The maximum atomic E-state index is 5.90. The zero-order valence-electron chi connectivity index (χ0n) is 11.5. The summed E-state index contributed by atoms with van der Waals surface area (Å²) in [6.07, 6.45) is 0. The molecule has 0 heterocycles. The number of hydrogen-bond donors (Lipinski definition) is 1. The first-order chi connectivity index (χ1) is 10.3. The standard InChI is InChI=1S/C18H15N3/c19-15-11-12-18(21-20-16-9-5-2-6-10-16)17(13-15)14-7-3-1-4-8-14/h1-13H,19H2. The molecule has 3 heteroatoms. The molecule has 21 heavy (non-hydrogen) atoms. The second-order valence-corrected chi connectivity index (χ2v) is 4.68. The van der Waals surface area contributed by atoms with E-state index in [1.165, 1.54) is 0 Å². The van der Waals surface area contributed by atoms with Gasteiger partial charge in [0.15, 0.2) is 0 Å². The molecular weight excluding hydrogens is 258 g/mol. The van der Waals surface area contributed by atoms with Crippen molar-refractivity contribution in [2.45, 2.75) is 0 Å². The first-order valence-electron chi connectivity index (χ1n) is 6.75. The molecule has 3 aromatic rings. The molecular formula is C18H15N3. The fraction of sp³-hybridized carbons (Fsp3) is 0. The molecule has 0 atom stereocenters. The van der Waals surface area contributed by atoms with Crippen molar-refractivity contribution in [2.24, 2.45) is 10.2 Å². The third-order valence-corrected chi connectivity index (χ3v) is 3.13. The van der Waals surface area contributed by atoms with Gasteiger partial charge in [-0.05, 0) is 35.9 Å². The van der Waals surface area contributed by atoms with Crippen molar-refractivity contribution in [1.29, 1.82) is 0 Å². The van der Waals surface area contributed by atoms with Crippen LogP contribution >= 0.6 is 0 Å². The molecule has 3 aromatic carbocycles. The molecule has 0 unspecified atom stereocenters. The maximum absolute atomic E-state index is 5.90. The summed E-state index contributed by atoms with van der Waals surface area (Å²) in [6.45, 7) is 0. The molecule has 0 bridgehead atoms. The molecule has 2 N–H and O–H groups in total. The first-order valence-corrected chi connectivity index (χ1v) is 6.75. The topological polar surface area (TPSA) is 50.7 Å². The summed E-state index contributed by atoms with van der Waals surface area (Å²) in [6, 6.07) is 25.4. The van der Waals surface area contributed by atoms with E-state index < -0.39 is 0 Å². The van der Waals surface area contributed by atoms with Gasteiger partial charge in [0, 0.05) is 11.3 Å². The summed E-state index contributed by atoms with van der Waals surface area (Å²) in [7, 11) is 0. The van der Waals surface area contributed by atoms with Gasteiger partial charge in [-0.2, -0.15) is 5.11 Å². The summed E-state index contributed by atoms with van der Waals surface area (Å²) in [5.41, 5.74) is 10.3. The van der Waals surface area contributed by atoms with Crippen LogP contribution in [-0.2, 0) is 0 Å². The summed E-state index contributed by atoms with van der Waals surface area (Å²) in [4.78, 5) is 0. The van der Waals surface area contributed by atoms with Crippen LogP contribution in [0.15, 0.2) is 89.1 Å². The van der Waals surface area contributed by atoms with Crippen LogP contribution in [-0.4, -0.2) is 0 Å². The number of anilines is 1. The summed E-state index contributed by atoms with van der Waals surface area (Å²) in [5, 5.41) is 8.64. The lowest BCUT2D eigenvalue weighted by Crippen LogP contribution is -1.86. The van der Waals surface area contributed by atoms with E-state index in [-0.39, 0.29) is 0 Å². The van der Waals surface area contributed by atoms with Crippen molar-refractivity contribution in [2.75, 3.05) is 5.73 Å². The lowest BCUT2D eigenvalue weighted by Gasteiger charge is -2.06. The Bertz CT molecular complexity index is 750. The van der Waals surface area contributed by atoms with E-state index in [2.05, 4.69) is 10.2 Å². The SMILES string of the molecule is Nc1ccc(N=Nc2ccccc2)c(-c2ccccc2)c1. The molecule has 3 nitrogen and oxygen atoms in total.